The summed E-state index contributed by atoms with van der Waals surface area (Å²) in [5.74, 6) is -0.431. The third-order valence-corrected chi connectivity index (χ3v) is 6.21. The van der Waals surface area contributed by atoms with Gasteiger partial charge in [0.05, 0.1) is 16.3 Å². The van der Waals surface area contributed by atoms with E-state index in [2.05, 4.69) is 10.4 Å². The number of rotatable bonds is 6. The van der Waals surface area contributed by atoms with Crippen LogP contribution in [0.15, 0.2) is 52.5 Å². The van der Waals surface area contributed by atoms with Crippen LogP contribution < -0.4 is 10.3 Å². The number of halogens is 1. The van der Waals surface area contributed by atoms with Gasteiger partial charge in [-0.25, -0.2) is 8.42 Å². The van der Waals surface area contributed by atoms with Gasteiger partial charge in [0.15, 0.2) is 9.84 Å². The first-order chi connectivity index (χ1) is 12.9. The molecule has 0 unspecified atom stereocenters. The van der Waals surface area contributed by atoms with Crippen molar-refractivity contribution < 1.29 is 13.2 Å². The number of benzene rings is 2. The molecule has 1 aliphatic rings. The molecule has 0 saturated heterocycles. The van der Waals surface area contributed by atoms with Gasteiger partial charge >= 0.3 is 0 Å². The molecule has 3 rings (SSSR count). The van der Waals surface area contributed by atoms with Crippen molar-refractivity contribution in [2.45, 2.75) is 18.2 Å². The molecule has 0 radical (unpaired) electrons. The Balaban J connectivity index is 2.02. The molecule has 0 aliphatic carbocycles. The molecule has 0 spiro atoms. The summed E-state index contributed by atoms with van der Waals surface area (Å²) in [6, 6.07) is 12.2. The molecule has 1 aliphatic heterocycles. The number of sulfone groups is 1. The van der Waals surface area contributed by atoms with E-state index in [-0.39, 0.29) is 23.1 Å². The smallest absolute Gasteiger partial charge is 0.216 e. The van der Waals surface area contributed by atoms with Gasteiger partial charge in [-0.2, -0.15) is 5.10 Å². The molecular weight excluding hydrogens is 386 g/mol. The van der Waals surface area contributed by atoms with Crippen molar-refractivity contribution in [3.8, 4) is 11.1 Å². The molecule has 2 aromatic rings. The van der Waals surface area contributed by atoms with Crippen LogP contribution in [-0.2, 0) is 14.6 Å². The topological polar surface area (TPSA) is 78.8 Å². The Hall–Kier alpha value is -2.38. The second-order valence-electron chi connectivity index (χ2n) is 6.20. The second kappa shape index (κ2) is 8.10. The average Bonchev–Trinajstić information content (AvgIpc) is 3.16. The van der Waals surface area contributed by atoms with Crippen LogP contribution >= 0.6 is 11.6 Å². The van der Waals surface area contributed by atoms with E-state index in [0.717, 1.165) is 24.2 Å². The summed E-state index contributed by atoms with van der Waals surface area (Å²) in [4.78, 5) is 11.3. The van der Waals surface area contributed by atoms with Crippen molar-refractivity contribution in [3.63, 3.8) is 0 Å². The first-order valence-corrected chi connectivity index (χ1v) is 10.6. The lowest BCUT2D eigenvalue weighted by atomic mass is 10.0. The Morgan fingerprint density at radius 1 is 1.22 bits per heavy atom. The minimum Gasteiger partial charge on any atom is -0.355 e. The summed E-state index contributed by atoms with van der Waals surface area (Å²) in [6.07, 6.45) is 2.69. The predicted octanol–water partition coefficient (Wildman–Crippen LogP) is 3.11. The number of hydrogen-bond acceptors (Lipinski definition) is 5. The van der Waals surface area contributed by atoms with Gasteiger partial charge in [0, 0.05) is 43.2 Å². The van der Waals surface area contributed by atoms with E-state index < -0.39 is 9.84 Å². The zero-order valence-corrected chi connectivity index (χ0v) is 16.4. The van der Waals surface area contributed by atoms with E-state index in [1.165, 1.54) is 6.92 Å². The van der Waals surface area contributed by atoms with E-state index in [1.807, 2.05) is 17.3 Å². The summed E-state index contributed by atoms with van der Waals surface area (Å²) in [5, 5.41) is 9.26. The van der Waals surface area contributed by atoms with E-state index in [0.29, 0.717) is 10.6 Å². The van der Waals surface area contributed by atoms with Crippen LogP contribution in [0.3, 0.4) is 0 Å². The van der Waals surface area contributed by atoms with Crippen LogP contribution in [0.25, 0.3) is 11.1 Å². The van der Waals surface area contributed by atoms with E-state index in [4.69, 9.17) is 11.6 Å². The van der Waals surface area contributed by atoms with Crippen molar-refractivity contribution in [3.05, 3.63) is 47.5 Å². The molecule has 2 aromatic carbocycles. The maximum atomic E-state index is 12.9. The van der Waals surface area contributed by atoms with E-state index in [1.54, 1.807) is 36.4 Å². The largest absolute Gasteiger partial charge is 0.355 e. The van der Waals surface area contributed by atoms with Crippen molar-refractivity contribution in [2.24, 2.45) is 5.10 Å². The lowest BCUT2D eigenvalue weighted by Crippen LogP contribution is -2.27. The Kier molecular flexibility index (Phi) is 5.82. The average molecular weight is 406 g/mol. The molecule has 0 aromatic heterocycles. The molecular formula is C19H20ClN3O3S. The first kappa shape index (κ1) is 19.4. The Morgan fingerprint density at radius 3 is 2.59 bits per heavy atom. The first-order valence-electron chi connectivity index (χ1n) is 8.54. The third kappa shape index (κ3) is 4.67. The molecule has 0 atom stereocenters. The fraction of sp³-hybridized carbons (Fsp3) is 0.263. The van der Waals surface area contributed by atoms with Gasteiger partial charge in [-0.1, -0.05) is 23.7 Å². The number of carbonyl (C=O) groups excluding carboxylic acids is 1. The number of amides is 1. The normalized spacial score (nSPS) is 13.8. The number of hydrogen-bond donors (Lipinski definition) is 1. The quantitative estimate of drug-likeness (QED) is 0.800. The third-order valence-electron chi connectivity index (χ3n) is 4.19. The van der Waals surface area contributed by atoms with Gasteiger partial charge in [-0.05, 0) is 35.9 Å². The number of hydrazone groups is 1. The Labute approximate surface area is 163 Å². The standard InChI is InChI=1S/C19H20ClN3O3S/c1-14(24)21-10-12-27(25,26)19-8-7-17(23-11-2-9-22-23)13-18(19)15-3-5-16(20)6-4-15/h3-9,13H,2,10-12H2,1H3,(H,21,24). The van der Waals surface area contributed by atoms with Crippen LogP contribution in [-0.4, -0.2) is 39.4 Å². The predicted molar refractivity (Wildman–Crippen MR) is 108 cm³/mol. The maximum absolute atomic E-state index is 12.9. The van der Waals surface area contributed by atoms with Crippen LogP contribution in [0, 0.1) is 0 Å². The molecule has 142 valence electrons. The van der Waals surface area contributed by atoms with Crippen LogP contribution in [0.1, 0.15) is 13.3 Å². The van der Waals surface area contributed by atoms with Gasteiger partial charge in [-0.3, -0.25) is 9.80 Å². The van der Waals surface area contributed by atoms with Crippen molar-refractivity contribution in [1.82, 2.24) is 5.32 Å². The number of nitrogens with zero attached hydrogens (tertiary/aromatic N) is 2. The highest BCUT2D eigenvalue weighted by Gasteiger charge is 2.21. The summed E-state index contributed by atoms with van der Waals surface area (Å²) in [6.45, 7) is 2.18. The second-order valence-corrected chi connectivity index (χ2v) is 8.71. The summed E-state index contributed by atoms with van der Waals surface area (Å²) in [7, 11) is -3.59. The molecule has 8 heteroatoms. The molecule has 1 N–H and O–H groups in total. The zero-order valence-electron chi connectivity index (χ0n) is 14.9. The summed E-state index contributed by atoms with van der Waals surface area (Å²) < 4.78 is 25.8. The fourth-order valence-corrected chi connectivity index (χ4v) is 4.37. The molecule has 0 bridgehead atoms. The molecule has 0 fully saturated rings. The highest BCUT2D eigenvalue weighted by Crippen LogP contribution is 2.33. The van der Waals surface area contributed by atoms with E-state index in [9.17, 15) is 13.2 Å². The molecule has 6 nitrogen and oxygen atoms in total. The SMILES string of the molecule is CC(=O)NCCS(=O)(=O)c1ccc(N2CCC=N2)cc1-c1ccc(Cl)cc1. The van der Waals surface area contributed by atoms with E-state index >= 15 is 0 Å². The number of nitrogens with one attached hydrogen (secondary N) is 1. The minimum absolute atomic E-state index is 0.0654. The van der Waals surface area contributed by atoms with Crippen molar-refractivity contribution >= 4 is 39.2 Å². The van der Waals surface area contributed by atoms with Crippen molar-refractivity contribution in [2.75, 3.05) is 23.9 Å². The Bertz CT molecular complexity index is 972. The summed E-state index contributed by atoms with van der Waals surface area (Å²) in [5.41, 5.74) is 2.17. The lowest BCUT2D eigenvalue weighted by Gasteiger charge is -2.18. The lowest BCUT2D eigenvalue weighted by molar-refractivity contribution is -0.118. The highest BCUT2D eigenvalue weighted by atomic mass is 35.5. The molecule has 27 heavy (non-hydrogen) atoms. The number of carbonyl (C=O) groups is 1. The molecule has 1 amide bonds. The maximum Gasteiger partial charge on any atom is 0.216 e. The Morgan fingerprint density at radius 2 is 1.96 bits per heavy atom. The van der Waals surface area contributed by atoms with Crippen LogP contribution in [0.5, 0.6) is 0 Å². The van der Waals surface area contributed by atoms with Crippen molar-refractivity contribution in [1.29, 1.82) is 0 Å². The van der Waals surface area contributed by atoms with Gasteiger partial charge in [0.2, 0.25) is 5.91 Å². The monoisotopic (exact) mass is 405 g/mol. The van der Waals surface area contributed by atoms with Gasteiger partial charge in [0.25, 0.3) is 0 Å². The molecule has 1 heterocycles. The van der Waals surface area contributed by atoms with Crippen LogP contribution in [0.4, 0.5) is 5.69 Å². The number of anilines is 1. The van der Waals surface area contributed by atoms with Gasteiger partial charge in [0.1, 0.15) is 0 Å². The minimum atomic E-state index is -3.59. The zero-order chi connectivity index (χ0) is 19.4. The molecule has 0 saturated carbocycles. The van der Waals surface area contributed by atoms with Crippen LogP contribution in [0.2, 0.25) is 5.02 Å². The summed E-state index contributed by atoms with van der Waals surface area (Å²) >= 11 is 5.98. The fourth-order valence-electron chi connectivity index (χ4n) is 2.87. The van der Waals surface area contributed by atoms with Gasteiger partial charge in [-0.15, -0.1) is 0 Å². The van der Waals surface area contributed by atoms with Gasteiger partial charge < -0.3 is 5.32 Å². The highest BCUT2D eigenvalue weighted by molar-refractivity contribution is 7.91.